The number of methoxy groups -OCH3 is 1. The van der Waals surface area contributed by atoms with Crippen LogP contribution < -0.4 is 10.1 Å². The van der Waals surface area contributed by atoms with E-state index in [1.807, 2.05) is 12.1 Å². The van der Waals surface area contributed by atoms with Crippen molar-refractivity contribution >= 4 is 0 Å². The average molecular weight is 263 g/mol. The van der Waals surface area contributed by atoms with Crippen LogP contribution in [0.15, 0.2) is 24.3 Å². The Kier molecular flexibility index (Phi) is 5.23. The Balaban J connectivity index is 1.78. The van der Waals surface area contributed by atoms with Gasteiger partial charge in [-0.3, -0.25) is 0 Å². The van der Waals surface area contributed by atoms with Gasteiger partial charge in [0, 0.05) is 6.04 Å². The first-order chi connectivity index (χ1) is 9.19. The van der Waals surface area contributed by atoms with Crippen LogP contribution in [-0.4, -0.2) is 24.9 Å². The summed E-state index contributed by atoms with van der Waals surface area (Å²) in [6, 6.07) is 8.59. The summed E-state index contributed by atoms with van der Waals surface area (Å²) in [5.41, 5.74) is 1.29. The minimum absolute atomic E-state index is 0.0599. The van der Waals surface area contributed by atoms with Gasteiger partial charge >= 0.3 is 0 Å². The summed E-state index contributed by atoms with van der Waals surface area (Å²) in [7, 11) is 1.69. The van der Waals surface area contributed by atoms with E-state index in [0.717, 1.165) is 38.0 Å². The molecule has 0 saturated heterocycles. The number of ether oxygens (including phenoxy) is 1. The predicted molar refractivity (Wildman–Crippen MR) is 77.4 cm³/mol. The topological polar surface area (TPSA) is 41.5 Å². The summed E-state index contributed by atoms with van der Waals surface area (Å²) in [6.45, 7) is 3.24. The highest BCUT2D eigenvalue weighted by atomic mass is 16.5. The van der Waals surface area contributed by atoms with E-state index >= 15 is 0 Å². The molecule has 3 nitrogen and oxygen atoms in total. The lowest BCUT2D eigenvalue weighted by Gasteiger charge is -2.27. The van der Waals surface area contributed by atoms with Gasteiger partial charge in [-0.2, -0.15) is 0 Å². The lowest BCUT2D eigenvalue weighted by molar-refractivity contribution is 0.108. The van der Waals surface area contributed by atoms with Crippen molar-refractivity contribution in [2.45, 2.75) is 44.8 Å². The fourth-order valence-corrected chi connectivity index (χ4v) is 2.70. The maximum absolute atomic E-state index is 9.50. The van der Waals surface area contributed by atoms with Crippen LogP contribution in [0, 0.1) is 5.92 Å². The molecule has 0 heterocycles. The molecule has 1 saturated carbocycles. The maximum atomic E-state index is 9.50. The van der Waals surface area contributed by atoms with Crippen molar-refractivity contribution in [2.75, 3.05) is 13.7 Å². The zero-order chi connectivity index (χ0) is 13.7. The number of benzene rings is 1. The number of hydrogen-bond acceptors (Lipinski definition) is 3. The van der Waals surface area contributed by atoms with E-state index in [0.29, 0.717) is 12.0 Å². The van der Waals surface area contributed by atoms with Crippen LogP contribution in [0.25, 0.3) is 0 Å². The third-order valence-corrected chi connectivity index (χ3v) is 4.14. The average Bonchev–Trinajstić information content (AvgIpc) is 2.46. The molecule has 1 unspecified atom stereocenters. The van der Waals surface area contributed by atoms with E-state index in [2.05, 4.69) is 24.4 Å². The Morgan fingerprint density at radius 3 is 2.42 bits per heavy atom. The van der Waals surface area contributed by atoms with Crippen molar-refractivity contribution in [2.24, 2.45) is 5.92 Å². The van der Waals surface area contributed by atoms with Gasteiger partial charge in [-0.15, -0.1) is 0 Å². The van der Waals surface area contributed by atoms with Crippen LogP contribution in [0.3, 0.4) is 0 Å². The quantitative estimate of drug-likeness (QED) is 0.858. The first kappa shape index (κ1) is 14.4. The second-order valence-corrected chi connectivity index (χ2v) is 5.58. The summed E-state index contributed by atoms with van der Waals surface area (Å²) >= 11 is 0. The molecule has 1 aliphatic rings. The van der Waals surface area contributed by atoms with Gasteiger partial charge in [0.25, 0.3) is 0 Å². The molecule has 1 aromatic carbocycles. The molecule has 106 valence electrons. The summed E-state index contributed by atoms with van der Waals surface area (Å²) in [5, 5.41) is 13.1. The number of hydrogen-bond donors (Lipinski definition) is 2. The van der Waals surface area contributed by atoms with Gasteiger partial charge in [0.2, 0.25) is 0 Å². The van der Waals surface area contributed by atoms with Crippen molar-refractivity contribution in [3.8, 4) is 5.75 Å². The molecule has 1 aromatic rings. The molecule has 0 radical (unpaired) electrons. The molecular formula is C16H25NO2. The van der Waals surface area contributed by atoms with Gasteiger partial charge in [0.15, 0.2) is 0 Å². The molecule has 2 rings (SSSR count). The number of nitrogens with one attached hydrogen (secondary N) is 1. The highest BCUT2D eigenvalue weighted by Gasteiger charge is 2.19. The maximum Gasteiger partial charge on any atom is 0.118 e. The van der Waals surface area contributed by atoms with Crippen LogP contribution in [-0.2, 0) is 0 Å². The predicted octanol–water partition coefficient (Wildman–Crippen LogP) is 2.90. The first-order valence-corrected chi connectivity index (χ1v) is 7.24. The number of aliphatic hydroxyl groups is 1. The fraction of sp³-hybridized carbons (Fsp3) is 0.625. The van der Waals surface area contributed by atoms with Gasteiger partial charge in [-0.05, 0) is 62.8 Å². The van der Waals surface area contributed by atoms with Gasteiger partial charge in [-0.25, -0.2) is 0 Å². The Labute approximate surface area is 116 Å². The molecule has 0 bridgehead atoms. The SMILES string of the molecule is COc1ccc(C(C)NCC2CCC(O)CC2)cc1. The highest BCUT2D eigenvalue weighted by Crippen LogP contribution is 2.24. The zero-order valence-corrected chi connectivity index (χ0v) is 11.9. The summed E-state index contributed by atoms with van der Waals surface area (Å²) in [4.78, 5) is 0. The lowest BCUT2D eigenvalue weighted by Crippen LogP contribution is -2.29. The van der Waals surface area contributed by atoms with Gasteiger partial charge in [-0.1, -0.05) is 12.1 Å². The second-order valence-electron chi connectivity index (χ2n) is 5.58. The number of aliphatic hydroxyl groups excluding tert-OH is 1. The van der Waals surface area contributed by atoms with E-state index < -0.39 is 0 Å². The van der Waals surface area contributed by atoms with Crippen LogP contribution in [0.1, 0.15) is 44.2 Å². The molecule has 3 heteroatoms. The van der Waals surface area contributed by atoms with Crippen LogP contribution >= 0.6 is 0 Å². The molecule has 0 aliphatic heterocycles. The molecule has 2 N–H and O–H groups in total. The molecule has 1 aliphatic carbocycles. The van der Waals surface area contributed by atoms with E-state index in [4.69, 9.17) is 4.74 Å². The fourth-order valence-electron chi connectivity index (χ4n) is 2.70. The van der Waals surface area contributed by atoms with Crippen molar-refractivity contribution < 1.29 is 9.84 Å². The first-order valence-electron chi connectivity index (χ1n) is 7.24. The minimum atomic E-state index is -0.0599. The van der Waals surface area contributed by atoms with Crippen molar-refractivity contribution in [3.05, 3.63) is 29.8 Å². The van der Waals surface area contributed by atoms with Crippen molar-refractivity contribution in [1.29, 1.82) is 0 Å². The van der Waals surface area contributed by atoms with Crippen molar-refractivity contribution in [1.82, 2.24) is 5.32 Å². The lowest BCUT2D eigenvalue weighted by atomic mass is 9.87. The Morgan fingerprint density at radius 2 is 1.84 bits per heavy atom. The molecule has 0 aromatic heterocycles. The molecule has 1 fully saturated rings. The standard InChI is InChI=1S/C16H25NO2/c1-12(14-5-9-16(19-2)10-6-14)17-11-13-3-7-15(18)8-4-13/h5-6,9-10,12-13,15,17-18H,3-4,7-8,11H2,1-2H3. The normalized spacial score (nSPS) is 25.0. The Bertz CT molecular complexity index is 369. The molecule has 1 atom stereocenters. The smallest absolute Gasteiger partial charge is 0.118 e. The number of rotatable bonds is 5. The van der Waals surface area contributed by atoms with Gasteiger partial charge in [0.1, 0.15) is 5.75 Å². The minimum Gasteiger partial charge on any atom is -0.497 e. The summed E-state index contributed by atoms with van der Waals surface area (Å²) in [5.74, 6) is 1.61. The van der Waals surface area contributed by atoms with Crippen LogP contribution in [0.5, 0.6) is 5.75 Å². The summed E-state index contributed by atoms with van der Waals surface area (Å²) < 4.78 is 5.17. The molecule has 0 spiro atoms. The van der Waals surface area contributed by atoms with E-state index in [1.165, 1.54) is 5.56 Å². The summed E-state index contributed by atoms with van der Waals surface area (Å²) in [6.07, 6.45) is 4.15. The van der Waals surface area contributed by atoms with Crippen LogP contribution in [0.2, 0.25) is 0 Å². The molecule has 0 amide bonds. The van der Waals surface area contributed by atoms with E-state index in [1.54, 1.807) is 7.11 Å². The van der Waals surface area contributed by atoms with E-state index in [9.17, 15) is 5.11 Å². The van der Waals surface area contributed by atoms with E-state index in [-0.39, 0.29) is 6.10 Å². The highest BCUT2D eigenvalue weighted by molar-refractivity contribution is 5.28. The van der Waals surface area contributed by atoms with Crippen molar-refractivity contribution in [3.63, 3.8) is 0 Å². The largest absolute Gasteiger partial charge is 0.497 e. The Morgan fingerprint density at radius 1 is 1.21 bits per heavy atom. The van der Waals surface area contributed by atoms with Gasteiger partial charge < -0.3 is 15.2 Å². The second kappa shape index (κ2) is 6.92. The van der Waals surface area contributed by atoms with Gasteiger partial charge in [0.05, 0.1) is 13.2 Å². The van der Waals surface area contributed by atoms with Crippen LogP contribution in [0.4, 0.5) is 0 Å². The Hall–Kier alpha value is -1.06. The zero-order valence-electron chi connectivity index (χ0n) is 11.9. The molecular weight excluding hydrogens is 238 g/mol. The molecule has 19 heavy (non-hydrogen) atoms. The third kappa shape index (κ3) is 4.22. The monoisotopic (exact) mass is 263 g/mol. The third-order valence-electron chi connectivity index (χ3n) is 4.14.